The zero-order valence-corrected chi connectivity index (χ0v) is 15.2. The van der Waals surface area contributed by atoms with Crippen molar-refractivity contribution < 1.29 is 4.79 Å². The summed E-state index contributed by atoms with van der Waals surface area (Å²) in [6.07, 6.45) is 5.26. The number of benzene rings is 1. The molecule has 6 heteroatoms. The largest absolute Gasteiger partial charge is 0.352 e. The minimum absolute atomic E-state index is 0.229. The van der Waals surface area contributed by atoms with Crippen LogP contribution in [0.5, 0.6) is 0 Å². The molecule has 0 aliphatic carbocycles. The van der Waals surface area contributed by atoms with Crippen LogP contribution in [-0.2, 0) is 11.2 Å². The third kappa shape index (κ3) is 4.16. The minimum Gasteiger partial charge on any atom is -0.352 e. The van der Waals surface area contributed by atoms with E-state index in [9.17, 15) is 4.79 Å². The number of carbonyl (C=O) groups excluding carboxylic acids is 1. The summed E-state index contributed by atoms with van der Waals surface area (Å²) in [6.45, 7) is 3.03. The van der Waals surface area contributed by atoms with Crippen LogP contribution in [0, 0.1) is 0 Å². The second-order valence-corrected chi connectivity index (χ2v) is 6.69. The van der Waals surface area contributed by atoms with Gasteiger partial charge in [-0.05, 0) is 36.2 Å². The van der Waals surface area contributed by atoms with Crippen molar-refractivity contribution in [2.45, 2.75) is 12.8 Å². The fraction of sp³-hybridized carbons (Fsp3) is 0.286. The molecule has 0 atom stereocenters. The van der Waals surface area contributed by atoms with Gasteiger partial charge in [-0.1, -0.05) is 30.3 Å². The Hall–Kier alpha value is -3.15. The second kappa shape index (κ2) is 8.03. The van der Waals surface area contributed by atoms with Crippen molar-refractivity contribution in [1.82, 2.24) is 19.7 Å². The lowest BCUT2D eigenvalue weighted by Gasteiger charge is -2.35. The Bertz CT molecular complexity index is 853. The third-order valence-corrected chi connectivity index (χ3v) is 4.93. The number of aromatic nitrogens is 3. The number of anilines is 1. The molecular weight excluding hydrogens is 338 g/mol. The zero-order chi connectivity index (χ0) is 18.5. The number of rotatable bonds is 5. The van der Waals surface area contributed by atoms with Crippen LogP contribution in [0.15, 0.2) is 67.0 Å². The second-order valence-electron chi connectivity index (χ2n) is 6.69. The highest BCUT2D eigenvalue weighted by atomic mass is 16.2. The molecule has 1 amide bonds. The number of aryl methyl sites for hydroxylation is 1. The van der Waals surface area contributed by atoms with E-state index in [-0.39, 0.29) is 5.91 Å². The lowest BCUT2D eigenvalue weighted by atomic mass is 10.1. The highest BCUT2D eigenvalue weighted by molar-refractivity contribution is 5.76. The summed E-state index contributed by atoms with van der Waals surface area (Å²) in [5, 5.41) is 8.66. The molecule has 1 aliphatic rings. The Morgan fingerprint density at radius 2 is 1.48 bits per heavy atom. The van der Waals surface area contributed by atoms with Gasteiger partial charge in [0.25, 0.3) is 0 Å². The molecule has 3 aromatic rings. The summed E-state index contributed by atoms with van der Waals surface area (Å²) in [4.78, 5) is 16.6. The van der Waals surface area contributed by atoms with E-state index in [0.717, 1.165) is 44.2 Å². The first-order valence-corrected chi connectivity index (χ1v) is 9.33. The quantitative estimate of drug-likeness (QED) is 0.701. The topological polar surface area (TPSA) is 54.3 Å². The van der Waals surface area contributed by atoms with Crippen molar-refractivity contribution in [3.8, 4) is 5.82 Å². The van der Waals surface area contributed by atoms with Gasteiger partial charge in [0.05, 0.1) is 0 Å². The minimum atomic E-state index is 0.229. The number of amides is 1. The predicted molar refractivity (Wildman–Crippen MR) is 105 cm³/mol. The van der Waals surface area contributed by atoms with Crippen LogP contribution >= 0.6 is 0 Å². The van der Waals surface area contributed by atoms with E-state index >= 15 is 0 Å². The van der Waals surface area contributed by atoms with Gasteiger partial charge >= 0.3 is 0 Å². The zero-order valence-electron chi connectivity index (χ0n) is 15.2. The summed E-state index contributed by atoms with van der Waals surface area (Å²) in [5.74, 6) is 1.90. The number of hydrogen-bond acceptors (Lipinski definition) is 4. The highest BCUT2D eigenvalue weighted by Gasteiger charge is 2.21. The SMILES string of the molecule is O=C(CCc1ccccc1)N1CCN(c2ccc(-n3cccc3)nn2)CC1. The summed E-state index contributed by atoms with van der Waals surface area (Å²) in [5.41, 5.74) is 1.21. The van der Waals surface area contributed by atoms with Gasteiger partial charge < -0.3 is 14.4 Å². The van der Waals surface area contributed by atoms with Crippen molar-refractivity contribution in [3.05, 3.63) is 72.6 Å². The van der Waals surface area contributed by atoms with Crippen LogP contribution in [0.1, 0.15) is 12.0 Å². The third-order valence-electron chi connectivity index (χ3n) is 4.93. The van der Waals surface area contributed by atoms with Crippen LogP contribution < -0.4 is 4.90 Å². The van der Waals surface area contributed by atoms with Gasteiger partial charge in [0, 0.05) is 45.0 Å². The number of nitrogens with zero attached hydrogens (tertiary/aromatic N) is 5. The molecule has 6 nitrogen and oxygen atoms in total. The molecule has 138 valence electrons. The van der Waals surface area contributed by atoms with Crippen LogP contribution in [0.4, 0.5) is 5.82 Å². The summed E-state index contributed by atoms with van der Waals surface area (Å²) in [6, 6.07) is 18.1. The van der Waals surface area contributed by atoms with Gasteiger partial charge in [-0.2, -0.15) is 0 Å². The number of piperazine rings is 1. The Morgan fingerprint density at radius 1 is 0.815 bits per heavy atom. The molecule has 4 rings (SSSR count). The molecule has 3 heterocycles. The predicted octanol–water partition coefficient (Wildman–Crippen LogP) is 2.55. The molecule has 1 aromatic carbocycles. The van der Waals surface area contributed by atoms with Gasteiger partial charge in [0.2, 0.25) is 5.91 Å². The standard InChI is InChI=1S/C21H23N5O/c27-21(11-8-18-6-2-1-3-7-18)26-16-14-25(15-17-26)20-10-9-19(22-23-20)24-12-4-5-13-24/h1-7,9-10,12-13H,8,11,14-17H2. The monoisotopic (exact) mass is 361 g/mol. The lowest BCUT2D eigenvalue weighted by Crippen LogP contribution is -2.49. The van der Waals surface area contributed by atoms with E-state index < -0.39 is 0 Å². The van der Waals surface area contributed by atoms with Crippen molar-refractivity contribution in [2.24, 2.45) is 0 Å². The molecule has 2 aromatic heterocycles. The number of carbonyl (C=O) groups is 1. The molecule has 0 bridgehead atoms. The van der Waals surface area contributed by atoms with Gasteiger partial charge in [0.1, 0.15) is 0 Å². The first kappa shape index (κ1) is 17.3. The maximum absolute atomic E-state index is 12.5. The Balaban J connectivity index is 1.29. The van der Waals surface area contributed by atoms with Gasteiger partial charge in [-0.3, -0.25) is 4.79 Å². The molecule has 0 radical (unpaired) electrons. The molecule has 1 aliphatic heterocycles. The molecular formula is C21H23N5O. The van der Waals surface area contributed by atoms with E-state index in [2.05, 4.69) is 27.2 Å². The van der Waals surface area contributed by atoms with Crippen molar-refractivity contribution >= 4 is 11.7 Å². The average molecular weight is 361 g/mol. The molecule has 0 N–H and O–H groups in total. The summed E-state index contributed by atoms with van der Waals surface area (Å²) in [7, 11) is 0. The molecule has 1 fully saturated rings. The van der Waals surface area contributed by atoms with Crippen molar-refractivity contribution in [2.75, 3.05) is 31.1 Å². The van der Waals surface area contributed by atoms with Crippen LogP contribution in [0.2, 0.25) is 0 Å². The van der Waals surface area contributed by atoms with Crippen LogP contribution in [0.3, 0.4) is 0 Å². The molecule has 0 spiro atoms. The smallest absolute Gasteiger partial charge is 0.223 e. The number of hydrogen-bond donors (Lipinski definition) is 0. The van der Waals surface area contributed by atoms with E-state index in [1.807, 2.05) is 64.3 Å². The van der Waals surface area contributed by atoms with Gasteiger partial charge in [-0.15, -0.1) is 10.2 Å². The van der Waals surface area contributed by atoms with E-state index in [4.69, 9.17) is 0 Å². The first-order valence-electron chi connectivity index (χ1n) is 9.33. The van der Waals surface area contributed by atoms with Crippen LogP contribution in [0.25, 0.3) is 5.82 Å². The Labute approximate surface area is 159 Å². The normalized spacial score (nSPS) is 14.4. The fourth-order valence-electron chi connectivity index (χ4n) is 3.35. The van der Waals surface area contributed by atoms with Gasteiger partial charge in [0.15, 0.2) is 11.6 Å². The van der Waals surface area contributed by atoms with E-state index in [1.165, 1.54) is 5.56 Å². The molecule has 27 heavy (non-hydrogen) atoms. The van der Waals surface area contributed by atoms with Crippen molar-refractivity contribution in [1.29, 1.82) is 0 Å². The van der Waals surface area contributed by atoms with Gasteiger partial charge in [-0.25, -0.2) is 0 Å². The van der Waals surface area contributed by atoms with Crippen molar-refractivity contribution in [3.63, 3.8) is 0 Å². The van der Waals surface area contributed by atoms with E-state index in [0.29, 0.717) is 6.42 Å². The maximum Gasteiger partial charge on any atom is 0.223 e. The highest BCUT2D eigenvalue weighted by Crippen LogP contribution is 2.15. The maximum atomic E-state index is 12.5. The molecule has 0 unspecified atom stereocenters. The van der Waals surface area contributed by atoms with Crippen LogP contribution in [-0.4, -0.2) is 51.8 Å². The lowest BCUT2D eigenvalue weighted by molar-refractivity contribution is -0.131. The summed E-state index contributed by atoms with van der Waals surface area (Å²) >= 11 is 0. The Morgan fingerprint density at radius 3 is 2.15 bits per heavy atom. The average Bonchev–Trinajstić information content (AvgIpc) is 3.28. The Kier molecular flexibility index (Phi) is 5.14. The fourth-order valence-corrected chi connectivity index (χ4v) is 3.35. The summed E-state index contributed by atoms with van der Waals surface area (Å²) < 4.78 is 1.93. The molecule has 1 saturated heterocycles. The first-order chi connectivity index (χ1) is 13.3. The molecule has 0 saturated carbocycles. The van der Waals surface area contributed by atoms with E-state index in [1.54, 1.807) is 0 Å².